The van der Waals surface area contributed by atoms with E-state index in [1.807, 2.05) is 0 Å². The molecule has 118 valence electrons. The van der Waals surface area contributed by atoms with Crippen molar-refractivity contribution in [3.63, 3.8) is 0 Å². The minimum Gasteiger partial charge on any atom is -0.480 e. The summed E-state index contributed by atoms with van der Waals surface area (Å²) >= 11 is 0. The molecule has 0 aromatic carbocycles. The van der Waals surface area contributed by atoms with Gasteiger partial charge in [0.2, 0.25) is 0 Å². The summed E-state index contributed by atoms with van der Waals surface area (Å²) in [7, 11) is -3.98. The van der Waals surface area contributed by atoms with Gasteiger partial charge < -0.3 is 20.6 Å². The molecule has 0 aromatic heterocycles. The number of aliphatic carboxylic acids is 1. The highest BCUT2D eigenvalue weighted by atomic mass is 31.2. The largest absolute Gasteiger partial charge is 0.480 e. The van der Waals surface area contributed by atoms with Crippen molar-refractivity contribution in [2.45, 2.75) is 57.4 Å². The number of hydrogen-bond acceptors (Lipinski definition) is 3. The van der Waals surface area contributed by atoms with Crippen LogP contribution in [0.25, 0.3) is 0 Å². The van der Waals surface area contributed by atoms with Gasteiger partial charge in [0.25, 0.3) is 0 Å². The fraction of sp³-hybridized carbons (Fsp3) is 0.923. The van der Waals surface area contributed by atoms with Crippen LogP contribution in [-0.2, 0) is 9.36 Å². The minimum absolute atomic E-state index is 0.115. The molecule has 5 N–H and O–H groups in total. The number of nitrogens with two attached hydrogens (primary N) is 1. The lowest BCUT2D eigenvalue weighted by Crippen LogP contribution is -2.31. The predicted molar refractivity (Wildman–Crippen MR) is 76.4 cm³/mol. The van der Waals surface area contributed by atoms with E-state index in [1.165, 1.54) is 6.42 Å². The maximum atomic E-state index is 11.0. The molecule has 0 aromatic rings. The molecule has 1 fully saturated rings. The zero-order valence-electron chi connectivity index (χ0n) is 11.8. The van der Waals surface area contributed by atoms with Crippen LogP contribution in [0, 0.1) is 11.8 Å². The second-order valence-corrected chi connectivity index (χ2v) is 7.63. The Kier molecular flexibility index (Phi) is 7.17. The normalized spacial score (nSPS) is 20.6. The number of carboxylic acids is 1. The smallest absolute Gasteiger partial charge is 0.325 e. The van der Waals surface area contributed by atoms with E-state index in [4.69, 9.17) is 20.6 Å². The maximum Gasteiger partial charge on any atom is 0.325 e. The molecule has 0 spiro atoms. The minimum atomic E-state index is -3.98. The molecule has 1 saturated carbocycles. The first-order chi connectivity index (χ1) is 9.29. The van der Waals surface area contributed by atoms with Crippen LogP contribution in [0.2, 0.25) is 0 Å². The lowest BCUT2D eigenvalue weighted by Gasteiger charge is -2.31. The van der Waals surface area contributed by atoms with Gasteiger partial charge in [0.15, 0.2) is 0 Å². The Morgan fingerprint density at radius 1 is 1.15 bits per heavy atom. The van der Waals surface area contributed by atoms with Crippen LogP contribution in [0.4, 0.5) is 0 Å². The van der Waals surface area contributed by atoms with Crippen molar-refractivity contribution in [3.05, 3.63) is 0 Å². The molecule has 2 atom stereocenters. The third-order valence-corrected chi connectivity index (χ3v) is 5.11. The van der Waals surface area contributed by atoms with E-state index in [0.717, 1.165) is 25.7 Å². The van der Waals surface area contributed by atoms with Crippen molar-refractivity contribution in [3.8, 4) is 0 Å². The van der Waals surface area contributed by atoms with Crippen molar-refractivity contribution >= 4 is 13.6 Å². The molecule has 0 aliphatic heterocycles. The molecule has 2 unspecified atom stereocenters. The highest BCUT2D eigenvalue weighted by Crippen LogP contribution is 2.41. The topological polar surface area (TPSA) is 121 Å². The highest BCUT2D eigenvalue weighted by molar-refractivity contribution is 7.51. The van der Waals surface area contributed by atoms with Gasteiger partial charge in [0.05, 0.1) is 6.16 Å². The molecule has 7 heteroatoms. The van der Waals surface area contributed by atoms with Crippen molar-refractivity contribution in [1.82, 2.24) is 0 Å². The molecule has 1 aliphatic rings. The number of carbonyl (C=O) groups is 1. The van der Waals surface area contributed by atoms with Gasteiger partial charge in [-0.2, -0.15) is 0 Å². The number of rotatable bonds is 8. The molecule has 0 heterocycles. The first-order valence-corrected chi connectivity index (χ1v) is 9.12. The fourth-order valence-corrected chi connectivity index (χ4v) is 3.74. The van der Waals surface area contributed by atoms with Gasteiger partial charge in [-0.15, -0.1) is 0 Å². The predicted octanol–water partition coefficient (Wildman–Crippen LogP) is 1.94. The molecule has 6 nitrogen and oxygen atoms in total. The van der Waals surface area contributed by atoms with Gasteiger partial charge in [-0.25, -0.2) is 0 Å². The Morgan fingerprint density at radius 3 is 2.25 bits per heavy atom. The zero-order chi connectivity index (χ0) is 15.2. The molecular weight excluding hydrogens is 281 g/mol. The summed E-state index contributed by atoms with van der Waals surface area (Å²) in [4.78, 5) is 28.8. The van der Waals surface area contributed by atoms with E-state index in [-0.39, 0.29) is 12.1 Å². The molecule has 1 aliphatic carbocycles. The summed E-state index contributed by atoms with van der Waals surface area (Å²) in [6, 6.07) is -0.879. The van der Waals surface area contributed by atoms with Gasteiger partial charge in [0.1, 0.15) is 6.04 Å². The number of hydrogen-bond donors (Lipinski definition) is 4. The summed E-state index contributed by atoms with van der Waals surface area (Å²) in [5.74, 6) is -0.382. The summed E-state index contributed by atoms with van der Waals surface area (Å²) in [5.41, 5.74) is 5.52. The van der Waals surface area contributed by atoms with Crippen LogP contribution in [0.15, 0.2) is 0 Å². The highest BCUT2D eigenvalue weighted by Gasteiger charge is 2.27. The summed E-state index contributed by atoms with van der Waals surface area (Å²) in [5, 5.41) is 8.81. The molecule has 20 heavy (non-hydrogen) atoms. The van der Waals surface area contributed by atoms with Crippen LogP contribution >= 0.6 is 7.60 Å². The lowest BCUT2D eigenvalue weighted by molar-refractivity contribution is -0.138. The van der Waals surface area contributed by atoms with E-state index in [9.17, 15) is 9.36 Å². The maximum absolute atomic E-state index is 11.0. The first-order valence-electron chi connectivity index (χ1n) is 7.32. The van der Waals surface area contributed by atoms with Crippen LogP contribution in [-0.4, -0.2) is 33.1 Å². The summed E-state index contributed by atoms with van der Waals surface area (Å²) in [6.07, 6.45) is 7.04. The zero-order valence-corrected chi connectivity index (χ0v) is 12.7. The summed E-state index contributed by atoms with van der Waals surface area (Å²) < 4.78 is 11.0. The Morgan fingerprint density at radius 2 is 1.75 bits per heavy atom. The van der Waals surface area contributed by atoms with Gasteiger partial charge in [0, 0.05) is 0 Å². The summed E-state index contributed by atoms with van der Waals surface area (Å²) in [6.45, 7) is 0. The van der Waals surface area contributed by atoms with E-state index in [0.29, 0.717) is 25.2 Å². The van der Waals surface area contributed by atoms with Crippen molar-refractivity contribution in [2.75, 3.05) is 6.16 Å². The second kappa shape index (κ2) is 8.13. The van der Waals surface area contributed by atoms with Gasteiger partial charge in [-0.1, -0.05) is 32.1 Å². The van der Waals surface area contributed by atoms with Crippen LogP contribution < -0.4 is 5.73 Å². The Labute approximate surface area is 119 Å². The van der Waals surface area contributed by atoms with E-state index < -0.39 is 19.6 Å². The molecule has 0 bridgehead atoms. The van der Waals surface area contributed by atoms with Crippen molar-refractivity contribution < 1.29 is 24.3 Å². The van der Waals surface area contributed by atoms with Crippen LogP contribution in [0.3, 0.4) is 0 Å². The number of carboxylic acid groups (broad SMARTS) is 1. The standard InChI is InChI=1S/C13H26NO5P/c14-12(13(15)16)7-6-11(8-9-20(17,18)19)10-4-2-1-3-5-10/h10-12H,1-9,14H2,(H,15,16)(H2,17,18,19). The fourth-order valence-electron chi connectivity index (χ4n) is 3.07. The molecule has 0 radical (unpaired) electrons. The molecule has 0 saturated heterocycles. The second-order valence-electron chi connectivity index (χ2n) is 5.86. The quantitative estimate of drug-likeness (QED) is 0.508. The third kappa shape index (κ3) is 6.84. The van der Waals surface area contributed by atoms with E-state index in [2.05, 4.69) is 0 Å². The van der Waals surface area contributed by atoms with Crippen molar-refractivity contribution in [1.29, 1.82) is 0 Å². The van der Waals surface area contributed by atoms with Crippen molar-refractivity contribution in [2.24, 2.45) is 17.6 Å². The van der Waals surface area contributed by atoms with Crippen LogP contribution in [0.5, 0.6) is 0 Å². The average Bonchev–Trinajstić information content (AvgIpc) is 2.38. The van der Waals surface area contributed by atoms with Gasteiger partial charge >= 0.3 is 13.6 Å². The van der Waals surface area contributed by atoms with Gasteiger partial charge in [-0.3, -0.25) is 9.36 Å². The third-order valence-electron chi connectivity index (χ3n) is 4.27. The van der Waals surface area contributed by atoms with E-state index >= 15 is 0 Å². The Bertz CT molecular complexity index is 351. The lowest BCUT2D eigenvalue weighted by atomic mass is 9.76. The molecule has 1 rings (SSSR count). The molecular formula is C13H26NO5P. The van der Waals surface area contributed by atoms with Gasteiger partial charge in [-0.05, 0) is 31.1 Å². The first kappa shape index (κ1) is 17.6. The molecule has 0 amide bonds. The monoisotopic (exact) mass is 307 g/mol. The average molecular weight is 307 g/mol. The van der Waals surface area contributed by atoms with E-state index in [1.54, 1.807) is 0 Å². The van der Waals surface area contributed by atoms with Crippen LogP contribution in [0.1, 0.15) is 51.4 Å². The Balaban J connectivity index is 2.53. The SMILES string of the molecule is NC(CCC(CCP(=O)(O)O)C1CCCCC1)C(=O)O. The Hall–Kier alpha value is -0.420.